The van der Waals surface area contributed by atoms with Gasteiger partial charge in [0.05, 0.1) is 13.0 Å². The lowest BCUT2D eigenvalue weighted by Gasteiger charge is -2.18. The lowest BCUT2D eigenvalue weighted by atomic mass is 10.1. The molecule has 2 N–H and O–H groups in total. The van der Waals surface area contributed by atoms with Crippen LogP contribution in [0.1, 0.15) is 23.2 Å². The molecule has 1 aliphatic rings. The van der Waals surface area contributed by atoms with Crippen LogP contribution >= 0.6 is 0 Å². The summed E-state index contributed by atoms with van der Waals surface area (Å²) in [5.74, 6) is -0.149. The van der Waals surface area contributed by atoms with Gasteiger partial charge in [-0.2, -0.15) is 13.2 Å². The van der Waals surface area contributed by atoms with Gasteiger partial charge < -0.3 is 10.3 Å². The molecule has 0 unspecified atom stereocenters. The van der Waals surface area contributed by atoms with Crippen LogP contribution in [0.2, 0.25) is 0 Å². The van der Waals surface area contributed by atoms with Crippen molar-refractivity contribution in [3.8, 4) is 0 Å². The van der Waals surface area contributed by atoms with E-state index in [1.165, 1.54) is 4.90 Å². The Bertz CT molecular complexity index is 782. The number of amides is 1. The fourth-order valence-electron chi connectivity index (χ4n) is 3.51. The number of aryl methyl sites for hydroxylation is 2. The first kappa shape index (κ1) is 17.8. The number of rotatable bonds is 4. The molecule has 2 heterocycles. The third-order valence-corrected chi connectivity index (χ3v) is 4.65. The monoisotopic (exact) mass is 353 g/mol. The first-order valence-electron chi connectivity index (χ1n) is 8.37. The SMILES string of the molecule is Cc1ccc2[nH]c(C)c(CC(=O)N[C@H]3CCN(CC(F)(F)F)C3)c2c1. The summed E-state index contributed by atoms with van der Waals surface area (Å²) in [5.41, 5.74) is 4.00. The van der Waals surface area contributed by atoms with Crippen LogP contribution in [-0.2, 0) is 11.2 Å². The molecule has 136 valence electrons. The van der Waals surface area contributed by atoms with Gasteiger partial charge >= 0.3 is 6.18 Å². The summed E-state index contributed by atoms with van der Waals surface area (Å²) in [4.78, 5) is 17.0. The third kappa shape index (κ3) is 4.34. The number of carbonyl (C=O) groups excluding carboxylic acids is 1. The smallest absolute Gasteiger partial charge is 0.358 e. The number of H-pyrrole nitrogens is 1. The van der Waals surface area contributed by atoms with Gasteiger partial charge in [0.1, 0.15) is 0 Å². The van der Waals surface area contributed by atoms with E-state index in [1.807, 2.05) is 32.0 Å². The van der Waals surface area contributed by atoms with E-state index in [9.17, 15) is 18.0 Å². The lowest BCUT2D eigenvalue weighted by Crippen LogP contribution is -2.39. The molecule has 1 fully saturated rings. The molecule has 1 saturated heterocycles. The Hall–Kier alpha value is -2.02. The van der Waals surface area contributed by atoms with Crippen molar-refractivity contribution in [2.45, 2.75) is 38.9 Å². The zero-order valence-electron chi connectivity index (χ0n) is 14.3. The van der Waals surface area contributed by atoms with Crippen molar-refractivity contribution in [2.75, 3.05) is 19.6 Å². The van der Waals surface area contributed by atoms with Crippen molar-refractivity contribution in [1.82, 2.24) is 15.2 Å². The van der Waals surface area contributed by atoms with Gasteiger partial charge in [-0.05, 0) is 38.0 Å². The molecule has 3 rings (SSSR count). The molecule has 2 aromatic rings. The van der Waals surface area contributed by atoms with Gasteiger partial charge in [-0.25, -0.2) is 0 Å². The van der Waals surface area contributed by atoms with Crippen molar-refractivity contribution >= 4 is 16.8 Å². The van der Waals surface area contributed by atoms with Crippen LogP contribution in [0, 0.1) is 13.8 Å². The molecule has 1 aromatic carbocycles. The second kappa shape index (κ2) is 6.71. The number of halogens is 3. The minimum atomic E-state index is -4.20. The molecule has 1 aliphatic heterocycles. The summed E-state index contributed by atoms with van der Waals surface area (Å²) in [6.07, 6.45) is -3.42. The van der Waals surface area contributed by atoms with Crippen LogP contribution in [0.15, 0.2) is 18.2 Å². The first-order chi connectivity index (χ1) is 11.7. The quantitative estimate of drug-likeness (QED) is 0.887. The molecule has 0 aliphatic carbocycles. The zero-order chi connectivity index (χ0) is 18.2. The van der Waals surface area contributed by atoms with Crippen molar-refractivity contribution in [2.24, 2.45) is 0 Å². The van der Waals surface area contributed by atoms with Crippen molar-refractivity contribution < 1.29 is 18.0 Å². The van der Waals surface area contributed by atoms with E-state index in [-0.39, 0.29) is 24.9 Å². The minimum absolute atomic E-state index is 0.149. The van der Waals surface area contributed by atoms with Crippen LogP contribution in [0.25, 0.3) is 10.9 Å². The van der Waals surface area contributed by atoms with E-state index in [2.05, 4.69) is 10.3 Å². The van der Waals surface area contributed by atoms with Crippen LogP contribution < -0.4 is 5.32 Å². The largest absolute Gasteiger partial charge is 0.401 e. The fourth-order valence-corrected chi connectivity index (χ4v) is 3.51. The normalized spacial score (nSPS) is 18.8. The summed E-state index contributed by atoms with van der Waals surface area (Å²) in [5, 5.41) is 3.90. The molecule has 0 saturated carbocycles. The van der Waals surface area contributed by atoms with E-state index in [1.54, 1.807) is 0 Å². The van der Waals surface area contributed by atoms with Crippen molar-refractivity contribution in [3.05, 3.63) is 35.0 Å². The summed E-state index contributed by atoms with van der Waals surface area (Å²) < 4.78 is 37.3. The van der Waals surface area contributed by atoms with Crippen LogP contribution in [0.3, 0.4) is 0 Å². The van der Waals surface area contributed by atoms with Crippen LogP contribution in [0.5, 0.6) is 0 Å². The molecule has 25 heavy (non-hydrogen) atoms. The molecular weight excluding hydrogens is 331 g/mol. The number of hydrogen-bond acceptors (Lipinski definition) is 2. The number of fused-ring (bicyclic) bond motifs is 1. The predicted octanol–water partition coefficient (Wildman–Crippen LogP) is 3.08. The Morgan fingerprint density at radius 2 is 2.12 bits per heavy atom. The maximum Gasteiger partial charge on any atom is 0.401 e. The summed E-state index contributed by atoms with van der Waals surface area (Å²) >= 11 is 0. The Labute approximate surface area is 144 Å². The second-order valence-corrected chi connectivity index (χ2v) is 6.86. The molecule has 4 nitrogen and oxygen atoms in total. The Morgan fingerprint density at radius 1 is 1.36 bits per heavy atom. The maximum atomic E-state index is 12.4. The first-order valence-corrected chi connectivity index (χ1v) is 8.37. The summed E-state index contributed by atoms with van der Waals surface area (Å²) in [6.45, 7) is 3.62. The number of hydrogen-bond donors (Lipinski definition) is 2. The molecule has 1 atom stereocenters. The number of carbonyl (C=O) groups is 1. The predicted molar refractivity (Wildman–Crippen MR) is 90.5 cm³/mol. The van der Waals surface area contributed by atoms with Crippen molar-refractivity contribution in [1.29, 1.82) is 0 Å². The highest BCUT2D eigenvalue weighted by molar-refractivity contribution is 5.90. The molecule has 0 spiro atoms. The van der Waals surface area contributed by atoms with Gasteiger partial charge in [0, 0.05) is 35.7 Å². The van der Waals surface area contributed by atoms with Crippen molar-refractivity contribution in [3.63, 3.8) is 0 Å². The Morgan fingerprint density at radius 3 is 2.84 bits per heavy atom. The number of benzene rings is 1. The maximum absolute atomic E-state index is 12.4. The molecule has 1 amide bonds. The van der Waals surface area contributed by atoms with Gasteiger partial charge in [-0.3, -0.25) is 9.69 Å². The summed E-state index contributed by atoms with van der Waals surface area (Å²) in [6, 6.07) is 5.82. The van der Waals surface area contributed by atoms with E-state index in [4.69, 9.17) is 0 Å². The van der Waals surface area contributed by atoms with Gasteiger partial charge in [-0.15, -0.1) is 0 Å². The second-order valence-electron chi connectivity index (χ2n) is 6.86. The molecule has 1 aromatic heterocycles. The van der Waals surface area contributed by atoms with Crippen LogP contribution in [0.4, 0.5) is 13.2 Å². The molecular formula is C18H22F3N3O. The van der Waals surface area contributed by atoms with Gasteiger partial charge in [0.15, 0.2) is 0 Å². The summed E-state index contributed by atoms with van der Waals surface area (Å²) in [7, 11) is 0. The average molecular weight is 353 g/mol. The Kier molecular flexibility index (Phi) is 4.77. The minimum Gasteiger partial charge on any atom is -0.358 e. The number of alkyl halides is 3. The highest BCUT2D eigenvalue weighted by atomic mass is 19.4. The lowest BCUT2D eigenvalue weighted by molar-refractivity contribution is -0.143. The topological polar surface area (TPSA) is 48.1 Å². The number of likely N-dealkylation sites (tertiary alicyclic amines) is 1. The highest BCUT2D eigenvalue weighted by Crippen LogP contribution is 2.24. The average Bonchev–Trinajstić information content (AvgIpc) is 3.03. The van der Waals surface area contributed by atoms with Gasteiger partial charge in [0.2, 0.25) is 5.91 Å². The number of aromatic amines is 1. The van der Waals surface area contributed by atoms with E-state index in [0.29, 0.717) is 13.0 Å². The number of nitrogens with one attached hydrogen (secondary N) is 2. The standard InChI is InChI=1S/C18H22F3N3O/c1-11-3-4-16-15(7-11)14(12(2)22-16)8-17(25)23-13-5-6-24(9-13)10-18(19,20)21/h3-4,7,13,22H,5-6,8-10H2,1-2H3,(H,23,25)/t13-/m0/s1. The highest BCUT2D eigenvalue weighted by Gasteiger charge is 2.34. The third-order valence-electron chi connectivity index (χ3n) is 4.65. The van der Waals surface area contributed by atoms with E-state index >= 15 is 0 Å². The number of nitrogens with zero attached hydrogens (tertiary/aromatic N) is 1. The van der Waals surface area contributed by atoms with E-state index in [0.717, 1.165) is 27.7 Å². The van der Waals surface area contributed by atoms with Gasteiger partial charge in [0.25, 0.3) is 0 Å². The molecule has 7 heteroatoms. The Balaban J connectivity index is 1.62. The van der Waals surface area contributed by atoms with Crippen LogP contribution in [-0.4, -0.2) is 47.6 Å². The van der Waals surface area contributed by atoms with E-state index < -0.39 is 12.7 Å². The molecule has 0 bridgehead atoms. The van der Waals surface area contributed by atoms with Gasteiger partial charge in [-0.1, -0.05) is 11.6 Å². The zero-order valence-corrected chi connectivity index (χ0v) is 14.3. The fraction of sp³-hybridized carbons (Fsp3) is 0.500. The number of aromatic nitrogens is 1. The molecule has 0 radical (unpaired) electrons.